The van der Waals surface area contributed by atoms with Gasteiger partial charge in [0.25, 0.3) is 0 Å². The lowest BCUT2D eigenvalue weighted by Crippen LogP contribution is -2.32. The lowest BCUT2D eigenvalue weighted by Gasteiger charge is -2.16. The van der Waals surface area contributed by atoms with Crippen molar-refractivity contribution in [2.75, 3.05) is 45.7 Å². The summed E-state index contributed by atoms with van der Waals surface area (Å²) in [7, 11) is 3.69. The van der Waals surface area contributed by atoms with Crippen molar-refractivity contribution in [3.05, 3.63) is 48.4 Å². The van der Waals surface area contributed by atoms with E-state index in [0.717, 1.165) is 19.5 Å². The van der Waals surface area contributed by atoms with Gasteiger partial charge in [0.15, 0.2) is 0 Å². The van der Waals surface area contributed by atoms with Gasteiger partial charge in [-0.1, -0.05) is 0 Å². The Morgan fingerprint density at radius 3 is 2.63 bits per heavy atom. The average molecular weight is 376 g/mol. The lowest BCUT2D eigenvalue weighted by molar-refractivity contribution is 0.160. The number of carbonyl (C=O) groups excluding carboxylic acids is 1. The molecule has 2 N–H and O–H groups in total. The summed E-state index contributed by atoms with van der Waals surface area (Å²) in [5, 5.41) is 5.51. The molecule has 0 aliphatic heterocycles. The topological polar surface area (TPSA) is 75.7 Å². The number of methoxy groups -OCH3 is 1. The first-order valence-electron chi connectivity index (χ1n) is 8.68. The number of benzene rings is 1. The second kappa shape index (κ2) is 11.1. The monoisotopic (exact) mass is 376 g/mol. The van der Waals surface area contributed by atoms with Crippen molar-refractivity contribution < 1.29 is 18.7 Å². The zero-order chi connectivity index (χ0) is 19.5. The van der Waals surface area contributed by atoms with Gasteiger partial charge in [-0.25, -0.2) is 14.2 Å². The number of pyridine rings is 1. The first kappa shape index (κ1) is 20.6. The smallest absolute Gasteiger partial charge is 0.319 e. The molecular formula is C19H25FN4O3. The maximum atomic E-state index is 12.9. The molecule has 146 valence electrons. The van der Waals surface area contributed by atoms with Crippen LogP contribution in [-0.4, -0.2) is 56.3 Å². The fraction of sp³-hybridized carbons (Fsp3) is 0.368. The highest BCUT2D eigenvalue weighted by Crippen LogP contribution is 2.20. The number of rotatable bonds is 10. The Kier molecular flexibility index (Phi) is 8.47. The maximum Gasteiger partial charge on any atom is 0.319 e. The molecule has 1 heterocycles. The number of nitrogens with one attached hydrogen (secondary N) is 2. The zero-order valence-corrected chi connectivity index (χ0v) is 15.6. The van der Waals surface area contributed by atoms with Gasteiger partial charge in [-0.05, 0) is 50.3 Å². The Bertz CT molecular complexity index is 695. The van der Waals surface area contributed by atoms with E-state index in [1.54, 1.807) is 19.2 Å². The van der Waals surface area contributed by atoms with Crippen LogP contribution in [-0.2, 0) is 4.74 Å². The van der Waals surface area contributed by atoms with Crippen molar-refractivity contribution in [3.8, 4) is 11.6 Å². The van der Waals surface area contributed by atoms with Gasteiger partial charge in [0.1, 0.15) is 11.6 Å². The zero-order valence-electron chi connectivity index (χ0n) is 15.6. The molecule has 1 aromatic heterocycles. The van der Waals surface area contributed by atoms with Crippen molar-refractivity contribution in [3.63, 3.8) is 0 Å². The van der Waals surface area contributed by atoms with Crippen LogP contribution in [0.15, 0.2) is 42.6 Å². The van der Waals surface area contributed by atoms with E-state index in [1.807, 2.05) is 7.05 Å². The summed E-state index contributed by atoms with van der Waals surface area (Å²) in [5.74, 6) is 0.506. The van der Waals surface area contributed by atoms with Crippen LogP contribution in [0.2, 0.25) is 0 Å². The van der Waals surface area contributed by atoms with Gasteiger partial charge in [0, 0.05) is 26.3 Å². The van der Waals surface area contributed by atoms with E-state index in [9.17, 15) is 9.18 Å². The number of urea groups is 1. The predicted molar refractivity (Wildman–Crippen MR) is 102 cm³/mol. The lowest BCUT2D eigenvalue weighted by atomic mass is 10.3. The van der Waals surface area contributed by atoms with Crippen LogP contribution in [0.4, 0.5) is 14.9 Å². The van der Waals surface area contributed by atoms with Crippen LogP contribution in [0.5, 0.6) is 11.6 Å². The highest BCUT2D eigenvalue weighted by molar-refractivity contribution is 5.88. The molecule has 2 aromatic rings. The van der Waals surface area contributed by atoms with Gasteiger partial charge < -0.3 is 25.0 Å². The minimum absolute atomic E-state index is 0.288. The van der Waals surface area contributed by atoms with E-state index in [4.69, 9.17) is 9.47 Å². The number of aromatic nitrogens is 1. The molecule has 0 fully saturated rings. The molecule has 0 saturated carbocycles. The van der Waals surface area contributed by atoms with Crippen molar-refractivity contribution in [2.24, 2.45) is 0 Å². The Morgan fingerprint density at radius 1 is 1.19 bits per heavy atom. The molecule has 0 radical (unpaired) electrons. The highest BCUT2D eigenvalue weighted by atomic mass is 19.1. The average Bonchev–Trinajstić information content (AvgIpc) is 2.67. The van der Waals surface area contributed by atoms with Crippen molar-refractivity contribution in [1.82, 2.24) is 15.2 Å². The third kappa shape index (κ3) is 8.02. The Labute approximate surface area is 158 Å². The van der Waals surface area contributed by atoms with E-state index in [0.29, 0.717) is 30.5 Å². The number of hydrogen-bond donors (Lipinski definition) is 2. The van der Waals surface area contributed by atoms with E-state index < -0.39 is 0 Å². The summed E-state index contributed by atoms with van der Waals surface area (Å²) in [4.78, 5) is 18.2. The molecule has 0 unspecified atom stereocenters. The normalized spacial score (nSPS) is 10.7. The summed E-state index contributed by atoms with van der Waals surface area (Å²) in [5.41, 5.74) is 0.552. The Morgan fingerprint density at radius 2 is 1.96 bits per heavy atom. The van der Waals surface area contributed by atoms with Gasteiger partial charge in [-0.3, -0.25) is 0 Å². The van der Waals surface area contributed by atoms with E-state index in [2.05, 4.69) is 20.5 Å². The molecule has 0 aliphatic rings. The number of ether oxygens (including phenoxy) is 2. The molecule has 0 aliphatic carbocycles. The number of halogens is 1. The molecule has 2 amide bonds. The van der Waals surface area contributed by atoms with Crippen LogP contribution in [0.1, 0.15) is 6.42 Å². The van der Waals surface area contributed by atoms with Gasteiger partial charge in [0.05, 0.1) is 18.5 Å². The van der Waals surface area contributed by atoms with E-state index >= 15 is 0 Å². The fourth-order valence-corrected chi connectivity index (χ4v) is 2.22. The minimum Gasteiger partial charge on any atom is -0.439 e. The number of amides is 2. The van der Waals surface area contributed by atoms with Crippen molar-refractivity contribution in [1.29, 1.82) is 0 Å². The molecule has 2 rings (SSSR count). The third-order valence-electron chi connectivity index (χ3n) is 3.71. The Hall–Kier alpha value is -2.71. The summed E-state index contributed by atoms with van der Waals surface area (Å²) in [6.45, 7) is 3.00. The summed E-state index contributed by atoms with van der Waals surface area (Å²) >= 11 is 0. The van der Waals surface area contributed by atoms with Gasteiger partial charge in [0.2, 0.25) is 5.88 Å². The van der Waals surface area contributed by atoms with Crippen LogP contribution < -0.4 is 15.4 Å². The Balaban J connectivity index is 1.69. The first-order valence-corrected chi connectivity index (χ1v) is 8.68. The number of nitrogens with zero attached hydrogens (tertiary/aromatic N) is 2. The molecule has 27 heavy (non-hydrogen) atoms. The molecule has 0 spiro atoms. The van der Waals surface area contributed by atoms with Crippen LogP contribution in [0.25, 0.3) is 0 Å². The third-order valence-corrected chi connectivity index (χ3v) is 3.71. The largest absolute Gasteiger partial charge is 0.439 e. The van der Waals surface area contributed by atoms with E-state index in [-0.39, 0.29) is 11.8 Å². The number of likely N-dealkylation sites (N-methyl/N-ethyl adjacent to an activating group) is 1. The maximum absolute atomic E-state index is 12.9. The molecular weight excluding hydrogens is 351 g/mol. The minimum atomic E-state index is -0.331. The van der Waals surface area contributed by atoms with Gasteiger partial charge >= 0.3 is 6.03 Å². The van der Waals surface area contributed by atoms with Crippen LogP contribution in [0, 0.1) is 5.82 Å². The summed E-state index contributed by atoms with van der Waals surface area (Å²) in [6, 6.07) is 8.68. The highest BCUT2D eigenvalue weighted by Gasteiger charge is 2.04. The molecule has 0 bridgehead atoms. The van der Waals surface area contributed by atoms with Gasteiger partial charge in [-0.15, -0.1) is 0 Å². The molecule has 0 saturated heterocycles. The number of anilines is 1. The summed E-state index contributed by atoms with van der Waals surface area (Å²) < 4.78 is 23.4. The van der Waals surface area contributed by atoms with Crippen molar-refractivity contribution in [2.45, 2.75) is 6.42 Å². The number of carbonyl (C=O) groups is 1. The van der Waals surface area contributed by atoms with Gasteiger partial charge in [-0.2, -0.15) is 0 Å². The van der Waals surface area contributed by atoms with Crippen molar-refractivity contribution >= 4 is 11.7 Å². The number of hydrogen-bond acceptors (Lipinski definition) is 5. The molecule has 0 atom stereocenters. The summed E-state index contributed by atoms with van der Waals surface area (Å²) in [6.07, 6.45) is 2.34. The standard InChI is InChI=1S/C19H25FN4O3/c1-24(12-13-26-2)11-3-10-21-19(25)23-16-6-9-18(22-14-16)27-17-7-4-15(20)5-8-17/h4-9,14H,3,10-13H2,1-2H3,(H2,21,23,25). The second-order valence-corrected chi connectivity index (χ2v) is 5.97. The second-order valence-electron chi connectivity index (χ2n) is 5.97. The fourth-order valence-electron chi connectivity index (χ4n) is 2.22. The van der Waals surface area contributed by atoms with Crippen LogP contribution >= 0.6 is 0 Å². The predicted octanol–water partition coefficient (Wildman–Crippen LogP) is 3.10. The molecule has 8 heteroatoms. The quantitative estimate of drug-likeness (QED) is 0.623. The molecule has 7 nitrogen and oxygen atoms in total. The molecule has 1 aromatic carbocycles. The first-order chi connectivity index (χ1) is 13.1. The van der Waals surface area contributed by atoms with Crippen LogP contribution in [0.3, 0.4) is 0 Å². The van der Waals surface area contributed by atoms with E-state index in [1.165, 1.54) is 30.5 Å². The SMILES string of the molecule is COCCN(C)CCCNC(=O)Nc1ccc(Oc2ccc(F)cc2)nc1.